The summed E-state index contributed by atoms with van der Waals surface area (Å²) in [5.41, 5.74) is 8.75. The van der Waals surface area contributed by atoms with E-state index in [-0.39, 0.29) is 0 Å². The Bertz CT molecular complexity index is 1110. The summed E-state index contributed by atoms with van der Waals surface area (Å²) in [4.78, 5) is 9.22. The third kappa shape index (κ3) is 2.07. The minimum atomic E-state index is 0.296. The van der Waals surface area contributed by atoms with Crippen molar-refractivity contribution in [3.8, 4) is 5.75 Å². The lowest BCUT2D eigenvalue weighted by Crippen LogP contribution is -2.03. The summed E-state index contributed by atoms with van der Waals surface area (Å²) < 4.78 is 8.83. The highest BCUT2D eigenvalue weighted by molar-refractivity contribution is 5.95. The minimum absolute atomic E-state index is 0.296. The number of benzene rings is 1. The van der Waals surface area contributed by atoms with E-state index in [1.54, 1.807) is 11.6 Å². The van der Waals surface area contributed by atoms with Gasteiger partial charge < -0.3 is 10.5 Å². The Labute approximate surface area is 143 Å². The van der Waals surface area contributed by atoms with Gasteiger partial charge in [0.05, 0.1) is 13.3 Å². The molecule has 0 aliphatic heterocycles. The molecular formula is C17H17N7O. The van der Waals surface area contributed by atoms with Gasteiger partial charge in [-0.3, -0.25) is 4.68 Å². The van der Waals surface area contributed by atoms with Gasteiger partial charge in [0.1, 0.15) is 11.3 Å². The smallest absolute Gasteiger partial charge is 0.223 e. The van der Waals surface area contributed by atoms with Crippen LogP contribution in [0.25, 0.3) is 16.6 Å². The van der Waals surface area contributed by atoms with Gasteiger partial charge >= 0.3 is 0 Å². The van der Waals surface area contributed by atoms with Gasteiger partial charge in [-0.25, -0.2) is 9.97 Å². The first-order valence-corrected chi connectivity index (χ1v) is 8.13. The van der Waals surface area contributed by atoms with Crippen molar-refractivity contribution >= 4 is 22.5 Å². The molecule has 3 aromatic heterocycles. The normalized spacial score (nSPS) is 19.6. The fourth-order valence-corrected chi connectivity index (χ4v) is 3.44. The fourth-order valence-electron chi connectivity index (χ4n) is 3.44. The number of aryl methyl sites for hydroxylation is 1. The van der Waals surface area contributed by atoms with Crippen molar-refractivity contribution in [3.05, 3.63) is 42.0 Å². The van der Waals surface area contributed by atoms with E-state index in [0.29, 0.717) is 34.7 Å². The summed E-state index contributed by atoms with van der Waals surface area (Å²) in [6.45, 7) is 0. The van der Waals surface area contributed by atoms with E-state index in [2.05, 4.69) is 21.4 Å². The van der Waals surface area contributed by atoms with Crippen molar-refractivity contribution in [3.63, 3.8) is 0 Å². The number of nitrogens with two attached hydrogens (primary N) is 1. The van der Waals surface area contributed by atoms with Gasteiger partial charge in [0, 0.05) is 24.5 Å². The SMILES string of the molecule is COc1cccc2c1nc(N)n1nc([C@@H]3C[C@H]3c3cnn(C)c3)nc21. The average molecular weight is 335 g/mol. The monoisotopic (exact) mass is 335 g/mol. The summed E-state index contributed by atoms with van der Waals surface area (Å²) in [5, 5.41) is 9.74. The largest absolute Gasteiger partial charge is 0.494 e. The molecule has 3 heterocycles. The van der Waals surface area contributed by atoms with Crippen molar-refractivity contribution in [2.45, 2.75) is 18.3 Å². The van der Waals surface area contributed by atoms with Crippen LogP contribution in [0.2, 0.25) is 0 Å². The zero-order valence-corrected chi connectivity index (χ0v) is 13.9. The Morgan fingerprint density at radius 3 is 2.88 bits per heavy atom. The predicted octanol–water partition coefficient (Wildman–Crippen LogP) is 1.87. The first-order chi connectivity index (χ1) is 12.2. The summed E-state index contributed by atoms with van der Waals surface area (Å²) in [5.74, 6) is 2.50. The third-order valence-corrected chi connectivity index (χ3v) is 4.80. The minimum Gasteiger partial charge on any atom is -0.494 e. The molecule has 8 heteroatoms. The van der Waals surface area contributed by atoms with E-state index < -0.39 is 0 Å². The summed E-state index contributed by atoms with van der Waals surface area (Å²) in [7, 11) is 3.55. The highest BCUT2D eigenvalue weighted by Crippen LogP contribution is 2.53. The number of rotatable bonds is 3. The standard InChI is InChI=1S/C17H17N7O/c1-23-8-9(7-19-23)11-6-12(11)15-21-16-10-4-3-5-13(25-2)14(10)20-17(18)24(16)22-15/h3-5,7-8,11-12H,6H2,1-2H3,(H2,18,20)/t11-,12+/m0/s1. The number of fused-ring (bicyclic) bond motifs is 3. The van der Waals surface area contributed by atoms with Crippen LogP contribution in [0, 0.1) is 0 Å². The number of ether oxygens (including phenoxy) is 1. The van der Waals surface area contributed by atoms with Crippen LogP contribution in [0.4, 0.5) is 5.95 Å². The number of para-hydroxylation sites is 1. The van der Waals surface area contributed by atoms with Crippen LogP contribution in [-0.2, 0) is 7.05 Å². The fraction of sp³-hybridized carbons (Fsp3) is 0.294. The Morgan fingerprint density at radius 1 is 1.24 bits per heavy atom. The topological polar surface area (TPSA) is 96.1 Å². The van der Waals surface area contributed by atoms with Gasteiger partial charge in [0.25, 0.3) is 0 Å². The van der Waals surface area contributed by atoms with Crippen LogP contribution in [-0.4, -0.2) is 36.5 Å². The number of hydrogen-bond acceptors (Lipinski definition) is 6. The lowest BCUT2D eigenvalue weighted by Gasteiger charge is -2.06. The molecule has 0 bridgehead atoms. The molecule has 0 radical (unpaired) electrons. The Morgan fingerprint density at radius 2 is 2.12 bits per heavy atom. The van der Waals surface area contributed by atoms with E-state index in [9.17, 15) is 0 Å². The molecule has 0 amide bonds. The van der Waals surface area contributed by atoms with Gasteiger partial charge in [0.2, 0.25) is 5.95 Å². The molecule has 1 aromatic carbocycles. The van der Waals surface area contributed by atoms with E-state index in [1.807, 2.05) is 36.1 Å². The van der Waals surface area contributed by atoms with Crippen molar-refractivity contribution in [2.75, 3.05) is 12.8 Å². The van der Waals surface area contributed by atoms with Crippen LogP contribution in [0.5, 0.6) is 5.75 Å². The van der Waals surface area contributed by atoms with Crippen molar-refractivity contribution < 1.29 is 4.74 Å². The van der Waals surface area contributed by atoms with Gasteiger partial charge in [-0.15, -0.1) is 5.10 Å². The molecule has 8 nitrogen and oxygen atoms in total. The van der Waals surface area contributed by atoms with Gasteiger partial charge in [-0.2, -0.15) is 9.61 Å². The second-order valence-corrected chi connectivity index (χ2v) is 6.43. The number of aromatic nitrogens is 6. The molecule has 5 rings (SSSR count). The molecular weight excluding hydrogens is 318 g/mol. The number of nitrogen functional groups attached to an aromatic ring is 1. The first-order valence-electron chi connectivity index (χ1n) is 8.13. The second kappa shape index (κ2) is 4.92. The predicted molar refractivity (Wildman–Crippen MR) is 92.6 cm³/mol. The molecule has 1 aliphatic rings. The third-order valence-electron chi connectivity index (χ3n) is 4.80. The lowest BCUT2D eigenvalue weighted by molar-refractivity contribution is 0.419. The Kier molecular flexibility index (Phi) is 2.79. The number of nitrogens with zero attached hydrogens (tertiary/aromatic N) is 6. The summed E-state index contributed by atoms with van der Waals surface area (Å²) >= 11 is 0. The maximum atomic E-state index is 6.11. The molecule has 2 N–H and O–H groups in total. The second-order valence-electron chi connectivity index (χ2n) is 6.43. The quantitative estimate of drug-likeness (QED) is 0.614. The first kappa shape index (κ1) is 14.2. The zero-order valence-electron chi connectivity index (χ0n) is 13.9. The molecule has 0 unspecified atom stereocenters. The van der Waals surface area contributed by atoms with Crippen LogP contribution in [0.1, 0.15) is 29.6 Å². The molecule has 4 aromatic rings. The van der Waals surface area contributed by atoms with Crippen molar-refractivity contribution in [2.24, 2.45) is 7.05 Å². The molecule has 126 valence electrons. The summed E-state index contributed by atoms with van der Waals surface area (Å²) in [6.07, 6.45) is 4.99. The molecule has 0 spiro atoms. The molecule has 2 atom stereocenters. The van der Waals surface area contributed by atoms with Gasteiger partial charge in [-0.1, -0.05) is 6.07 Å². The van der Waals surface area contributed by atoms with Crippen LogP contribution in [0.15, 0.2) is 30.6 Å². The number of hydrogen-bond donors (Lipinski definition) is 1. The van der Waals surface area contributed by atoms with Crippen LogP contribution in [0.3, 0.4) is 0 Å². The highest BCUT2D eigenvalue weighted by atomic mass is 16.5. The lowest BCUT2D eigenvalue weighted by atomic mass is 10.2. The Balaban J connectivity index is 1.62. The van der Waals surface area contributed by atoms with Crippen LogP contribution >= 0.6 is 0 Å². The molecule has 25 heavy (non-hydrogen) atoms. The van der Waals surface area contributed by atoms with E-state index in [0.717, 1.165) is 17.6 Å². The average Bonchev–Trinajstić information content (AvgIpc) is 3.07. The number of anilines is 1. The Hall–Kier alpha value is -3.16. The van der Waals surface area contributed by atoms with Gasteiger partial charge in [0.15, 0.2) is 11.5 Å². The van der Waals surface area contributed by atoms with E-state index in [1.165, 1.54) is 5.56 Å². The molecule has 1 fully saturated rings. The van der Waals surface area contributed by atoms with Crippen LogP contribution < -0.4 is 10.5 Å². The molecule has 1 aliphatic carbocycles. The summed E-state index contributed by atoms with van der Waals surface area (Å²) in [6, 6.07) is 5.74. The maximum Gasteiger partial charge on any atom is 0.223 e. The molecule has 0 saturated heterocycles. The van der Waals surface area contributed by atoms with Crippen molar-refractivity contribution in [1.82, 2.24) is 29.4 Å². The maximum absolute atomic E-state index is 6.11. The number of methoxy groups -OCH3 is 1. The van der Waals surface area contributed by atoms with Gasteiger partial charge in [-0.05, 0) is 30.0 Å². The van der Waals surface area contributed by atoms with E-state index >= 15 is 0 Å². The van der Waals surface area contributed by atoms with E-state index in [4.69, 9.17) is 15.5 Å². The zero-order chi connectivity index (χ0) is 17.1. The van der Waals surface area contributed by atoms with Crippen molar-refractivity contribution in [1.29, 1.82) is 0 Å². The molecule has 1 saturated carbocycles. The highest BCUT2D eigenvalue weighted by Gasteiger charge is 2.43.